The highest BCUT2D eigenvalue weighted by Gasteiger charge is 2.23. The third kappa shape index (κ3) is 4.45. The average Bonchev–Trinajstić information content (AvgIpc) is 3.26. The van der Waals surface area contributed by atoms with E-state index in [0.717, 1.165) is 46.0 Å². The fraction of sp³-hybridized carbons (Fsp3) is 0.273. The Kier molecular flexibility index (Phi) is 5.85. The lowest BCUT2D eigenvalue weighted by atomic mass is 10.1. The van der Waals surface area contributed by atoms with Crippen molar-refractivity contribution in [3.05, 3.63) is 64.6 Å². The molecule has 150 valence electrons. The number of piperazine rings is 1. The Morgan fingerprint density at radius 2 is 1.83 bits per heavy atom. The second-order valence-electron chi connectivity index (χ2n) is 7.00. The zero-order chi connectivity index (χ0) is 20.2. The summed E-state index contributed by atoms with van der Waals surface area (Å²) in [6.45, 7) is 2.95. The first-order valence-electron chi connectivity index (χ1n) is 9.60. The number of ether oxygens (including phenoxy) is 1. The Bertz CT molecular complexity index is 978. The molecule has 1 aromatic heterocycles. The van der Waals surface area contributed by atoms with Gasteiger partial charge in [0.15, 0.2) is 5.82 Å². The number of aromatic amines is 1. The van der Waals surface area contributed by atoms with Gasteiger partial charge in [-0.25, -0.2) is 0 Å². The van der Waals surface area contributed by atoms with Gasteiger partial charge in [-0.15, -0.1) is 0 Å². The number of nitrogens with zero attached hydrogens (tertiary/aromatic N) is 3. The van der Waals surface area contributed by atoms with Gasteiger partial charge >= 0.3 is 0 Å². The van der Waals surface area contributed by atoms with Gasteiger partial charge in [-0.05, 0) is 41.5 Å². The summed E-state index contributed by atoms with van der Waals surface area (Å²) in [6.07, 6.45) is 0.422. The van der Waals surface area contributed by atoms with E-state index in [1.54, 1.807) is 7.11 Å². The van der Waals surface area contributed by atoms with Gasteiger partial charge in [0.2, 0.25) is 5.91 Å². The number of carbonyl (C=O) groups excluding carboxylic acids is 1. The van der Waals surface area contributed by atoms with Crippen LogP contribution in [-0.4, -0.2) is 54.3 Å². The molecule has 0 aliphatic carbocycles. The average molecular weight is 455 g/mol. The van der Waals surface area contributed by atoms with Crippen molar-refractivity contribution in [3.63, 3.8) is 0 Å². The minimum Gasteiger partial charge on any atom is -0.497 e. The van der Waals surface area contributed by atoms with E-state index >= 15 is 0 Å². The molecule has 29 heavy (non-hydrogen) atoms. The number of halogens is 1. The van der Waals surface area contributed by atoms with E-state index in [2.05, 4.69) is 37.1 Å². The van der Waals surface area contributed by atoms with Crippen molar-refractivity contribution in [2.45, 2.75) is 6.42 Å². The number of carbonyl (C=O) groups is 1. The van der Waals surface area contributed by atoms with Crippen molar-refractivity contribution in [2.24, 2.45) is 0 Å². The zero-order valence-corrected chi connectivity index (χ0v) is 17.9. The van der Waals surface area contributed by atoms with Crippen LogP contribution in [0, 0.1) is 0 Å². The van der Waals surface area contributed by atoms with Gasteiger partial charge in [-0.1, -0.05) is 34.1 Å². The Morgan fingerprint density at radius 3 is 2.52 bits per heavy atom. The second kappa shape index (κ2) is 8.69. The van der Waals surface area contributed by atoms with Gasteiger partial charge in [0.1, 0.15) is 5.75 Å². The summed E-state index contributed by atoms with van der Waals surface area (Å²) in [4.78, 5) is 16.8. The van der Waals surface area contributed by atoms with Crippen LogP contribution in [0.2, 0.25) is 0 Å². The van der Waals surface area contributed by atoms with Crippen LogP contribution in [0.4, 0.5) is 5.82 Å². The predicted octanol–water partition coefficient (Wildman–Crippen LogP) is 3.74. The summed E-state index contributed by atoms with van der Waals surface area (Å²) in [7, 11) is 1.66. The summed E-state index contributed by atoms with van der Waals surface area (Å²) in [5, 5.41) is 7.58. The summed E-state index contributed by atoms with van der Waals surface area (Å²) < 4.78 is 6.19. The first-order valence-corrected chi connectivity index (χ1v) is 10.4. The molecule has 3 aromatic rings. The number of hydrogen-bond donors (Lipinski definition) is 1. The second-order valence-corrected chi connectivity index (χ2v) is 7.86. The molecular weight excluding hydrogens is 432 g/mol. The number of aromatic nitrogens is 2. The first kappa shape index (κ1) is 19.5. The normalized spacial score (nSPS) is 14.1. The van der Waals surface area contributed by atoms with Gasteiger partial charge < -0.3 is 14.5 Å². The van der Waals surface area contributed by atoms with Gasteiger partial charge in [0.05, 0.1) is 19.2 Å². The minimum atomic E-state index is 0.164. The Morgan fingerprint density at radius 1 is 1.10 bits per heavy atom. The van der Waals surface area contributed by atoms with Gasteiger partial charge in [-0.3, -0.25) is 9.89 Å². The number of rotatable bonds is 5. The Labute approximate surface area is 178 Å². The first-order chi connectivity index (χ1) is 14.1. The van der Waals surface area contributed by atoms with E-state index in [4.69, 9.17) is 4.74 Å². The van der Waals surface area contributed by atoms with Crippen LogP contribution in [0.5, 0.6) is 5.75 Å². The van der Waals surface area contributed by atoms with Crippen LogP contribution in [0.1, 0.15) is 5.56 Å². The minimum absolute atomic E-state index is 0.164. The van der Waals surface area contributed by atoms with Gasteiger partial charge in [-0.2, -0.15) is 5.10 Å². The zero-order valence-electron chi connectivity index (χ0n) is 16.3. The molecule has 0 saturated carbocycles. The van der Waals surface area contributed by atoms with E-state index in [-0.39, 0.29) is 5.91 Å². The quantitative estimate of drug-likeness (QED) is 0.637. The lowest BCUT2D eigenvalue weighted by Gasteiger charge is -2.35. The third-order valence-electron chi connectivity index (χ3n) is 5.22. The molecule has 0 unspecified atom stereocenters. The highest BCUT2D eigenvalue weighted by molar-refractivity contribution is 9.10. The fourth-order valence-electron chi connectivity index (χ4n) is 3.49. The van der Waals surface area contributed by atoms with Crippen LogP contribution >= 0.6 is 15.9 Å². The molecular formula is C22H23BrN4O2. The number of benzene rings is 2. The maximum Gasteiger partial charge on any atom is 0.227 e. The predicted molar refractivity (Wildman–Crippen MR) is 117 cm³/mol. The van der Waals surface area contributed by atoms with Crippen LogP contribution < -0.4 is 9.64 Å². The molecule has 0 bridgehead atoms. The van der Waals surface area contributed by atoms with Gasteiger partial charge in [0, 0.05) is 36.7 Å². The highest BCUT2D eigenvalue weighted by Crippen LogP contribution is 2.25. The number of methoxy groups -OCH3 is 1. The van der Waals surface area contributed by atoms with Crippen molar-refractivity contribution in [2.75, 3.05) is 38.2 Å². The van der Waals surface area contributed by atoms with Gasteiger partial charge in [0.25, 0.3) is 0 Å². The smallest absolute Gasteiger partial charge is 0.227 e. The number of hydrogen-bond acceptors (Lipinski definition) is 4. The van der Waals surface area contributed by atoms with E-state index in [1.165, 1.54) is 0 Å². The molecule has 1 amide bonds. The molecule has 4 rings (SSSR count). The summed E-state index contributed by atoms with van der Waals surface area (Å²) in [6, 6.07) is 17.8. The maximum absolute atomic E-state index is 12.7. The van der Waals surface area contributed by atoms with Crippen LogP contribution in [0.25, 0.3) is 11.3 Å². The number of amides is 1. The lowest BCUT2D eigenvalue weighted by Crippen LogP contribution is -2.49. The molecule has 2 heterocycles. The van der Waals surface area contributed by atoms with E-state index in [1.807, 2.05) is 53.4 Å². The Balaban J connectivity index is 1.35. The molecule has 6 nitrogen and oxygen atoms in total. The highest BCUT2D eigenvalue weighted by atomic mass is 79.9. The molecule has 0 spiro atoms. The molecule has 1 aliphatic heterocycles. The molecule has 0 radical (unpaired) electrons. The Hall–Kier alpha value is -2.80. The van der Waals surface area contributed by atoms with Crippen LogP contribution in [0.3, 0.4) is 0 Å². The SMILES string of the molecule is COc1ccc(-c2cc(N3CCN(C(=O)Cc4ccccc4Br)CC3)n[nH]2)cc1. The van der Waals surface area contributed by atoms with Crippen molar-refractivity contribution < 1.29 is 9.53 Å². The van der Waals surface area contributed by atoms with E-state index < -0.39 is 0 Å². The molecule has 1 aliphatic rings. The number of anilines is 1. The molecule has 1 N–H and O–H groups in total. The fourth-order valence-corrected chi connectivity index (χ4v) is 3.92. The van der Waals surface area contributed by atoms with E-state index in [9.17, 15) is 4.79 Å². The topological polar surface area (TPSA) is 61.5 Å². The summed E-state index contributed by atoms with van der Waals surface area (Å²) >= 11 is 3.52. The molecule has 1 fully saturated rings. The largest absolute Gasteiger partial charge is 0.497 e. The monoisotopic (exact) mass is 454 g/mol. The number of H-pyrrole nitrogens is 1. The van der Waals surface area contributed by atoms with Crippen molar-refractivity contribution in [1.29, 1.82) is 0 Å². The summed E-state index contributed by atoms with van der Waals surface area (Å²) in [5.41, 5.74) is 3.05. The van der Waals surface area contributed by atoms with Crippen molar-refractivity contribution in [1.82, 2.24) is 15.1 Å². The van der Waals surface area contributed by atoms with E-state index in [0.29, 0.717) is 19.5 Å². The van der Waals surface area contributed by atoms with Crippen molar-refractivity contribution in [3.8, 4) is 17.0 Å². The molecule has 0 atom stereocenters. The molecule has 7 heteroatoms. The molecule has 1 saturated heterocycles. The standard InChI is InChI=1S/C22H23BrN4O2/c1-29-18-8-6-16(7-9-18)20-15-21(25-24-20)26-10-12-27(13-11-26)22(28)14-17-4-2-3-5-19(17)23/h2-9,15H,10-14H2,1H3,(H,24,25). The maximum atomic E-state index is 12.7. The van der Waals surface area contributed by atoms with Crippen LogP contribution in [0.15, 0.2) is 59.1 Å². The summed E-state index contributed by atoms with van der Waals surface area (Å²) in [5.74, 6) is 1.91. The lowest BCUT2D eigenvalue weighted by molar-refractivity contribution is -0.130. The third-order valence-corrected chi connectivity index (χ3v) is 5.99. The number of nitrogens with one attached hydrogen (secondary N) is 1. The van der Waals surface area contributed by atoms with Crippen molar-refractivity contribution >= 4 is 27.7 Å². The molecule has 2 aromatic carbocycles. The van der Waals surface area contributed by atoms with Crippen LogP contribution in [-0.2, 0) is 11.2 Å².